The van der Waals surface area contributed by atoms with Gasteiger partial charge in [0, 0.05) is 63.7 Å². The van der Waals surface area contributed by atoms with Crippen LogP contribution in [0.3, 0.4) is 0 Å². The second-order valence-corrected chi connectivity index (χ2v) is 19.0. The van der Waals surface area contributed by atoms with Crippen LogP contribution < -0.4 is 5.32 Å². The van der Waals surface area contributed by atoms with Crippen molar-refractivity contribution in [2.75, 3.05) is 52.4 Å². The Balaban J connectivity index is 0.822. The molecule has 4 heterocycles. The van der Waals surface area contributed by atoms with E-state index in [-0.39, 0.29) is 30.1 Å². The van der Waals surface area contributed by atoms with Gasteiger partial charge in [-0.1, -0.05) is 34.6 Å². The highest BCUT2D eigenvalue weighted by molar-refractivity contribution is 5.97. The molecule has 0 aromatic carbocycles. The van der Waals surface area contributed by atoms with Crippen molar-refractivity contribution in [1.82, 2.24) is 20.0 Å². The molecular weight excluding hydrogens is 612 g/mol. The zero-order chi connectivity index (χ0) is 34.1. The van der Waals surface area contributed by atoms with Crippen LogP contribution in [-0.4, -0.2) is 103 Å². The van der Waals surface area contributed by atoms with Crippen molar-refractivity contribution >= 4 is 11.8 Å². The number of piperazine rings is 1. The summed E-state index contributed by atoms with van der Waals surface area (Å²) in [6.07, 6.45) is 14.6. The maximum atomic E-state index is 13.2. The van der Waals surface area contributed by atoms with E-state index in [4.69, 9.17) is 9.47 Å². The van der Waals surface area contributed by atoms with Crippen molar-refractivity contribution in [2.45, 2.75) is 142 Å². The van der Waals surface area contributed by atoms with E-state index < -0.39 is 0 Å². The van der Waals surface area contributed by atoms with E-state index in [9.17, 15) is 9.59 Å². The Morgan fingerprint density at radius 3 is 2.29 bits per heavy atom. The molecule has 0 bridgehead atoms. The van der Waals surface area contributed by atoms with Crippen molar-refractivity contribution in [3.8, 4) is 0 Å². The lowest BCUT2D eigenvalue weighted by Crippen LogP contribution is -2.56. The molecule has 49 heavy (non-hydrogen) atoms. The molecule has 276 valence electrons. The van der Waals surface area contributed by atoms with Crippen LogP contribution in [0.4, 0.5) is 0 Å². The number of rotatable bonds is 5. The number of amides is 2. The third-order valence-electron chi connectivity index (χ3n) is 16.8. The van der Waals surface area contributed by atoms with E-state index in [0.29, 0.717) is 46.6 Å². The average Bonchev–Trinajstić information content (AvgIpc) is 3.55. The molecule has 1 N–H and O–H groups in total. The van der Waals surface area contributed by atoms with Gasteiger partial charge in [0.15, 0.2) is 5.79 Å². The lowest BCUT2D eigenvalue weighted by Gasteiger charge is -2.61. The third-order valence-corrected chi connectivity index (χ3v) is 16.8. The van der Waals surface area contributed by atoms with E-state index in [2.05, 4.69) is 49.7 Å². The molecule has 12 atom stereocenters. The number of nitrogens with one attached hydrogen (secondary N) is 1. The van der Waals surface area contributed by atoms with E-state index >= 15 is 0 Å². The first kappa shape index (κ1) is 34.8. The Morgan fingerprint density at radius 2 is 1.57 bits per heavy atom. The van der Waals surface area contributed by atoms with Crippen LogP contribution in [0.2, 0.25) is 0 Å². The zero-order valence-electron chi connectivity index (χ0n) is 31.6. The molecule has 8 nitrogen and oxygen atoms in total. The highest BCUT2D eigenvalue weighted by Crippen LogP contribution is 2.71. The van der Waals surface area contributed by atoms with Gasteiger partial charge in [0.1, 0.15) is 6.42 Å². The van der Waals surface area contributed by atoms with Crippen LogP contribution in [0.15, 0.2) is 0 Å². The first-order valence-electron chi connectivity index (χ1n) is 20.9. The lowest BCUT2D eigenvalue weighted by atomic mass is 9.44. The van der Waals surface area contributed by atoms with E-state index in [1.54, 1.807) is 0 Å². The first-order valence-corrected chi connectivity index (χ1v) is 20.9. The van der Waals surface area contributed by atoms with Crippen LogP contribution in [0, 0.1) is 52.3 Å². The summed E-state index contributed by atoms with van der Waals surface area (Å²) in [4.78, 5) is 33.5. The number of hydrogen-bond acceptors (Lipinski definition) is 6. The summed E-state index contributed by atoms with van der Waals surface area (Å²) in [6, 6.07) is 0.796. The van der Waals surface area contributed by atoms with Gasteiger partial charge in [0.05, 0.1) is 12.7 Å². The molecule has 1 spiro atoms. The fourth-order valence-corrected chi connectivity index (χ4v) is 13.9. The Morgan fingerprint density at radius 1 is 0.816 bits per heavy atom. The molecule has 2 amide bonds. The molecule has 4 saturated heterocycles. The van der Waals surface area contributed by atoms with Gasteiger partial charge in [-0.3, -0.25) is 14.5 Å². The lowest BCUT2D eigenvalue weighted by molar-refractivity contribution is -0.273. The highest BCUT2D eigenvalue weighted by Gasteiger charge is 2.69. The second-order valence-electron chi connectivity index (χ2n) is 19.0. The Hall–Kier alpha value is -1.22. The number of likely N-dealkylation sites (N-methyl/N-ethyl adjacent to an activating group) is 1. The number of hydrogen-bond donors (Lipinski definition) is 1. The van der Waals surface area contributed by atoms with Gasteiger partial charge in [-0.25, -0.2) is 0 Å². The van der Waals surface area contributed by atoms with Crippen LogP contribution in [0.25, 0.3) is 0 Å². The average molecular weight is 681 g/mol. The van der Waals surface area contributed by atoms with Gasteiger partial charge < -0.3 is 24.6 Å². The van der Waals surface area contributed by atoms with Crippen LogP contribution in [0.5, 0.6) is 0 Å². The molecule has 4 aliphatic heterocycles. The molecule has 4 saturated carbocycles. The molecular formula is C41H68N4O4. The van der Waals surface area contributed by atoms with Gasteiger partial charge in [-0.2, -0.15) is 0 Å². The second kappa shape index (κ2) is 13.3. The van der Waals surface area contributed by atoms with Crippen LogP contribution in [-0.2, 0) is 19.1 Å². The van der Waals surface area contributed by atoms with Gasteiger partial charge in [0.25, 0.3) is 0 Å². The number of likely N-dealkylation sites (tertiary alicyclic amines) is 1. The molecule has 0 aromatic rings. The van der Waals surface area contributed by atoms with Crippen LogP contribution in [0.1, 0.15) is 118 Å². The predicted octanol–water partition coefficient (Wildman–Crippen LogP) is 5.94. The van der Waals surface area contributed by atoms with Crippen molar-refractivity contribution < 1.29 is 19.1 Å². The number of carbonyl (C=O) groups is 2. The normalized spacial score (nSPS) is 47.7. The molecule has 4 aliphatic carbocycles. The van der Waals surface area contributed by atoms with Crippen molar-refractivity contribution in [1.29, 1.82) is 0 Å². The Labute approximate surface area is 297 Å². The molecule has 1 unspecified atom stereocenters. The summed E-state index contributed by atoms with van der Waals surface area (Å²) >= 11 is 0. The summed E-state index contributed by atoms with van der Waals surface area (Å²) in [5.74, 6) is 4.41. The number of fused-ring (bicyclic) bond motifs is 7. The smallest absolute Gasteiger partial charge is 0.232 e. The topological polar surface area (TPSA) is 74.4 Å². The molecule has 0 aromatic heterocycles. The predicted molar refractivity (Wildman–Crippen MR) is 192 cm³/mol. The zero-order valence-corrected chi connectivity index (χ0v) is 31.6. The SMILES string of the molecule is CCN1CCN(C2CCN(C(=O)CC(=O)N[C@H]3CC[C@]4(C)C5CC[C@]6(C)[C@@H]7[C@H](C[C@H]6[C@@H]5CC[C@@H]4C3)O[C@]3(CC[C@@H](C)CO3)[C@H]7C)CC2)CC1. The van der Waals surface area contributed by atoms with Gasteiger partial charge >= 0.3 is 0 Å². The fourth-order valence-electron chi connectivity index (χ4n) is 13.9. The number of piperidine rings is 1. The van der Waals surface area contributed by atoms with Crippen molar-refractivity contribution in [3.05, 3.63) is 0 Å². The summed E-state index contributed by atoms with van der Waals surface area (Å²) in [5.41, 5.74) is 0.727. The first-order chi connectivity index (χ1) is 23.5. The summed E-state index contributed by atoms with van der Waals surface area (Å²) in [7, 11) is 0. The largest absolute Gasteiger partial charge is 0.353 e. The molecule has 8 fully saturated rings. The monoisotopic (exact) mass is 681 g/mol. The van der Waals surface area contributed by atoms with E-state index in [0.717, 1.165) is 102 Å². The molecule has 0 radical (unpaired) electrons. The Kier molecular flexibility index (Phi) is 9.47. The minimum absolute atomic E-state index is 0.0113. The fraction of sp³-hybridized carbons (Fsp3) is 0.951. The Bertz CT molecular complexity index is 1220. The number of ether oxygens (including phenoxy) is 2. The van der Waals surface area contributed by atoms with E-state index in [1.807, 2.05) is 4.90 Å². The van der Waals surface area contributed by atoms with Gasteiger partial charge in [-0.15, -0.1) is 0 Å². The van der Waals surface area contributed by atoms with Crippen molar-refractivity contribution in [2.24, 2.45) is 52.3 Å². The van der Waals surface area contributed by atoms with E-state index in [1.165, 1.54) is 44.9 Å². The molecule has 8 rings (SSSR count). The minimum atomic E-state index is -0.329. The minimum Gasteiger partial charge on any atom is -0.353 e. The summed E-state index contributed by atoms with van der Waals surface area (Å²) in [5, 5.41) is 3.36. The summed E-state index contributed by atoms with van der Waals surface area (Å²) < 4.78 is 13.6. The van der Waals surface area contributed by atoms with Crippen LogP contribution >= 0.6 is 0 Å². The standard InChI is InChI=1S/C41H68N4O4/c1-6-43-19-21-44(22-20-43)31-12-17-45(18-13-31)37(47)25-36(46)42-30-10-14-39(4)29(23-30)7-8-32-33(39)11-15-40(5)34(32)24-35-38(40)28(3)41(49-35)16-9-27(2)26-48-41/h27-35,38H,6-26H2,1-5H3,(H,42,46)/t27-,28+,29-,30+,32-,33?,34+,35+,38+,39+,40+,41-/m1/s1. The third kappa shape index (κ3) is 6.02. The maximum Gasteiger partial charge on any atom is 0.232 e. The number of carbonyl (C=O) groups excluding carboxylic acids is 2. The quantitative estimate of drug-likeness (QED) is 0.363. The van der Waals surface area contributed by atoms with Gasteiger partial charge in [0.2, 0.25) is 11.8 Å². The number of nitrogens with zero attached hydrogens (tertiary/aromatic N) is 3. The van der Waals surface area contributed by atoms with Gasteiger partial charge in [-0.05, 0) is 124 Å². The molecule has 8 heteroatoms. The summed E-state index contributed by atoms with van der Waals surface area (Å²) in [6.45, 7) is 20.4. The molecule has 8 aliphatic rings. The van der Waals surface area contributed by atoms with Crippen molar-refractivity contribution in [3.63, 3.8) is 0 Å². The highest BCUT2D eigenvalue weighted by atomic mass is 16.7. The maximum absolute atomic E-state index is 13.2.